The second-order valence-electron chi connectivity index (χ2n) is 5.98. The number of thioether (sulfide) groups is 1. The molecule has 3 amide bonds. The maximum absolute atomic E-state index is 12.8. The number of carbonyl (C=O) groups excluding carboxylic acids is 3. The van der Waals surface area contributed by atoms with Crippen molar-refractivity contribution in [2.75, 3.05) is 11.4 Å². The van der Waals surface area contributed by atoms with Gasteiger partial charge in [-0.15, -0.1) is 11.3 Å². The lowest BCUT2D eigenvalue weighted by molar-refractivity contribution is -0.128. The van der Waals surface area contributed by atoms with Crippen LogP contribution >= 0.6 is 23.1 Å². The van der Waals surface area contributed by atoms with Gasteiger partial charge < -0.3 is 4.90 Å². The smallest absolute Gasteiger partial charge is 0.294 e. The Labute approximate surface area is 160 Å². The number of anilines is 1. The van der Waals surface area contributed by atoms with Gasteiger partial charge in [-0.1, -0.05) is 24.3 Å². The number of carbonyl (C=O) groups is 3. The Morgan fingerprint density at radius 2 is 1.88 bits per heavy atom. The van der Waals surface area contributed by atoms with Gasteiger partial charge in [0.1, 0.15) is 6.54 Å². The Hall–Kier alpha value is -2.38. The minimum absolute atomic E-state index is 0.0912. The van der Waals surface area contributed by atoms with Crippen LogP contribution in [0.5, 0.6) is 0 Å². The Morgan fingerprint density at radius 1 is 1.15 bits per heavy atom. The van der Waals surface area contributed by atoms with E-state index in [2.05, 4.69) is 0 Å². The third-order valence-electron chi connectivity index (χ3n) is 3.80. The molecule has 0 spiro atoms. The molecule has 1 aliphatic heterocycles. The van der Waals surface area contributed by atoms with Crippen LogP contribution in [0.1, 0.15) is 18.7 Å². The van der Waals surface area contributed by atoms with Gasteiger partial charge in [-0.3, -0.25) is 19.3 Å². The quantitative estimate of drug-likeness (QED) is 0.722. The van der Waals surface area contributed by atoms with Crippen LogP contribution in [-0.2, 0) is 9.59 Å². The van der Waals surface area contributed by atoms with Crippen LogP contribution in [0.25, 0.3) is 6.08 Å². The number of rotatable bonds is 5. The minimum Gasteiger partial charge on any atom is -0.308 e. The Balaban J connectivity index is 1.78. The van der Waals surface area contributed by atoms with Gasteiger partial charge in [0, 0.05) is 16.6 Å². The van der Waals surface area contributed by atoms with E-state index in [4.69, 9.17) is 0 Å². The molecule has 0 radical (unpaired) electrons. The molecule has 0 N–H and O–H groups in total. The number of para-hydroxylation sites is 1. The molecular formula is C19H18N2O3S2. The van der Waals surface area contributed by atoms with Crippen molar-refractivity contribution in [2.45, 2.75) is 19.9 Å². The molecule has 7 heteroatoms. The van der Waals surface area contributed by atoms with Crippen molar-refractivity contribution in [3.05, 3.63) is 57.6 Å². The molecule has 1 saturated heterocycles. The average Bonchev–Trinajstić information content (AvgIpc) is 3.20. The van der Waals surface area contributed by atoms with Crippen LogP contribution in [0.2, 0.25) is 0 Å². The summed E-state index contributed by atoms with van der Waals surface area (Å²) in [4.78, 5) is 41.5. The number of imide groups is 1. The number of amides is 3. The third kappa shape index (κ3) is 3.89. The summed E-state index contributed by atoms with van der Waals surface area (Å²) < 4.78 is 0. The van der Waals surface area contributed by atoms with Crippen molar-refractivity contribution in [1.82, 2.24) is 4.90 Å². The van der Waals surface area contributed by atoms with E-state index in [1.165, 1.54) is 11.3 Å². The lowest BCUT2D eigenvalue weighted by atomic mass is 10.2. The summed E-state index contributed by atoms with van der Waals surface area (Å²) in [6, 6.07) is 12.9. The van der Waals surface area contributed by atoms with E-state index in [0.29, 0.717) is 4.91 Å². The molecule has 5 nitrogen and oxygen atoms in total. The normalized spacial score (nSPS) is 16.0. The SMILES string of the molecule is CC(C)N(C(=O)CN1C(=O)S/C(=C\c2cccs2)C1=O)c1ccccc1. The summed E-state index contributed by atoms with van der Waals surface area (Å²) in [6.07, 6.45) is 1.69. The van der Waals surface area contributed by atoms with E-state index in [0.717, 1.165) is 27.2 Å². The molecule has 1 aromatic carbocycles. The maximum Gasteiger partial charge on any atom is 0.294 e. The fraction of sp³-hybridized carbons (Fsp3) is 0.211. The van der Waals surface area contributed by atoms with E-state index < -0.39 is 11.1 Å². The highest BCUT2D eigenvalue weighted by Crippen LogP contribution is 2.33. The second-order valence-corrected chi connectivity index (χ2v) is 7.95. The van der Waals surface area contributed by atoms with Crippen LogP contribution in [0.4, 0.5) is 10.5 Å². The molecule has 26 heavy (non-hydrogen) atoms. The summed E-state index contributed by atoms with van der Waals surface area (Å²) in [5.74, 6) is -0.704. The summed E-state index contributed by atoms with van der Waals surface area (Å²) in [5, 5.41) is 1.49. The zero-order valence-corrected chi connectivity index (χ0v) is 16.0. The van der Waals surface area contributed by atoms with Gasteiger partial charge in [-0.05, 0) is 55.3 Å². The Kier molecular flexibility index (Phi) is 5.58. The van der Waals surface area contributed by atoms with Crippen molar-refractivity contribution in [3.63, 3.8) is 0 Å². The van der Waals surface area contributed by atoms with Crippen LogP contribution < -0.4 is 4.90 Å². The summed E-state index contributed by atoms with van der Waals surface area (Å²) in [7, 11) is 0. The lowest BCUT2D eigenvalue weighted by Crippen LogP contribution is -2.45. The Morgan fingerprint density at radius 3 is 2.50 bits per heavy atom. The number of nitrogens with zero attached hydrogens (tertiary/aromatic N) is 2. The molecule has 2 aromatic rings. The van der Waals surface area contributed by atoms with Gasteiger partial charge in [0.2, 0.25) is 5.91 Å². The molecule has 0 saturated carbocycles. The zero-order chi connectivity index (χ0) is 18.7. The van der Waals surface area contributed by atoms with Gasteiger partial charge in [-0.25, -0.2) is 0 Å². The number of thiophene rings is 1. The lowest BCUT2D eigenvalue weighted by Gasteiger charge is -2.28. The highest BCUT2D eigenvalue weighted by Gasteiger charge is 2.37. The van der Waals surface area contributed by atoms with Crippen LogP contribution in [0.3, 0.4) is 0 Å². The minimum atomic E-state index is -0.418. The van der Waals surface area contributed by atoms with Gasteiger partial charge in [0.25, 0.3) is 11.1 Å². The van der Waals surface area contributed by atoms with Gasteiger partial charge in [0.15, 0.2) is 0 Å². The largest absolute Gasteiger partial charge is 0.308 e. The predicted molar refractivity (Wildman–Crippen MR) is 106 cm³/mol. The third-order valence-corrected chi connectivity index (χ3v) is 5.53. The fourth-order valence-corrected chi connectivity index (χ4v) is 4.23. The fourth-order valence-electron chi connectivity index (χ4n) is 2.67. The molecule has 1 fully saturated rings. The van der Waals surface area contributed by atoms with Crippen molar-refractivity contribution in [3.8, 4) is 0 Å². The van der Waals surface area contributed by atoms with Gasteiger partial charge >= 0.3 is 0 Å². The van der Waals surface area contributed by atoms with E-state index in [1.807, 2.05) is 61.7 Å². The van der Waals surface area contributed by atoms with Crippen molar-refractivity contribution >= 4 is 51.9 Å². The van der Waals surface area contributed by atoms with E-state index in [-0.39, 0.29) is 18.5 Å². The second kappa shape index (κ2) is 7.88. The number of hydrogen-bond acceptors (Lipinski definition) is 5. The highest BCUT2D eigenvalue weighted by molar-refractivity contribution is 8.18. The summed E-state index contributed by atoms with van der Waals surface area (Å²) in [5.41, 5.74) is 0.744. The molecule has 0 atom stereocenters. The predicted octanol–water partition coefficient (Wildman–Crippen LogP) is 4.23. The molecule has 0 aliphatic carbocycles. The monoisotopic (exact) mass is 386 g/mol. The van der Waals surface area contributed by atoms with Gasteiger partial charge in [-0.2, -0.15) is 0 Å². The van der Waals surface area contributed by atoms with E-state index in [1.54, 1.807) is 11.0 Å². The molecule has 2 heterocycles. The summed E-state index contributed by atoms with van der Waals surface area (Å²) >= 11 is 2.36. The van der Waals surface area contributed by atoms with Crippen molar-refractivity contribution in [2.24, 2.45) is 0 Å². The first-order valence-corrected chi connectivity index (χ1v) is 9.83. The van der Waals surface area contributed by atoms with Crippen LogP contribution in [0, 0.1) is 0 Å². The van der Waals surface area contributed by atoms with Crippen LogP contribution in [-0.4, -0.2) is 34.5 Å². The topological polar surface area (TPSA) is 57.7 Å². The standard InChI is InChI=1S/C19H18N2O3S2/c1-13(2)21(14-7-4-3-5-8-14)17(22)12-20-18(23)16(26-19(20)24)11-15-9-6-10-25-15/h3-11,13H,12H2,1-2H3/b16-11-. The van der Waals surface area contributed by atoms with Crippen molar-refractivity contribution < 1.29 is 14.4 Å². The maximum atomic E-state index is 12.8. The summed E-state index contributed by atoms with van der Waals surface area (Å²) in [6.45, 7) is 3.53. The van der Waals surface area contributed by atoms with Gasteiger partial charge in [0.05, 0.1) is 4.91 Å². The number of hydrogen-bond donors (Lipinski definition) is 0. The highest BCUT2D eigenvalue weighted by atomic mass is 32.2. The average molecular weight is 386 g/mol. The number of benzene rings is 1. The first kappa shape index (κ1) is 18.4. The molecule has 1 aromatic heterocycles. The molecular weight excluding hydrogens is 368 g/mol. The first-order valence-electron chi connectivity index (χ1n) is 8.13. The Bertz CT molecular complexity index is 845. The van der Waals surface area contributed by atoms with E-state index >= 15 is 0 Å². The first-order chi connectivity index (χ1) is 12.5. The molecule has 0 unspecified atom stereocenters. The van der Waals surface area contributed by atoms with Crippen LogP contribution in [0.15, 0.2) is 52.7 Å². The molecule has 0 bridgehead atoms. The van der Waals surface area contributed by atoms with E-state index in [9.17, 15) is 14.4 Å². The molecule has 1 aliphatic rings. The molecule has 3 rings (SSSR count). The zero-order valence-electron chi connectivity index (χ0n) is 14.4. The van der Waals surface area contributed by atoms with Crippen molar-refractivity contribution in [1.29, 1.82) is 0 Å². The molecule has 134 valence electrons.